The monoisotopic (exact) mass is 521 g/mol. The maximum absolute atomic E-state index is 10.4. The number of aryl methyl sites for hydroxylation is 4. The smallest absolute Gasteiger partial charge is 0.320 e. The van der Waals surface area contributed by atoms with Gasteiger partial charge >= 0.3 is 6.01 Å². The van der Waals surface area contributed by atoms with Crippen LogP contribution < -0.4 is 4.74 Å². The van der Waals surface area contributed by atoms with Crippen molar-refractivity contribution >= 4 is 0 Å². The lowest BCUT2D eigenvalue weighted by Gasteiger charge is -2.18. The summed E-state index contributed by atoms with van der Waals surface area (Å²) >= 11 is 0. The number of benzene rings is 2. The van der Waals surface area contributed by atoms with Crippen molar-refractivity contribution in [3.63, 3.8) is 0 Å². The maximum Gasteiger partial charge on any atom is 0.320 e. The lowest BCUT2D eigenvalue weighted by Crippen LogP contribution is -2.34. The van der Waals surface area contributed by atoms with Crippen LogP contribution in [0.15, 0.2) is 36.4 Å². The van der Waals surface area contributed by atoms with Gasteiger partial charge in [0.25, 0.3) is 0 Å². The van der Waals surface area contributed by atoms with Crippen molar-refractivity contribution in [3.05, 3.63) is 58.7 Å². The van der Waals surface area contributed by atoms with Crippen molar-refractivity contribution in [1.82, 2.24) is 15.0 Å². The number of unbranched alkanes of at least 4 members (excludes halogenated alkanes) is 6. The highest BCUT2D eigenvalue weighted by Gasteiger charge is 2.20. The quantitative estimate of drug-likeness (QED) is 0.180. The minimum atomic E-state index is -1.34. The molecule has 2 aromatic carbocycles. The average molecular weight is 522 g/mol. The summed E-state index contributed by atoms with van der Waals surface area (Å²) in [6, 6.07) is 12.3. The molecule has 3 rings (SSSR count). The molecule has 2 atom stereocenters. The fourth-order valence-corrected chi connectivity index (χ4v) is 4.41. The van der Waals surface area contributed by atoms with E-state index in [0.717, 1.165) is 52.6 Å². The second kappa shape index (κ2) is 14.9. The van der Waals surface area contributed by atoms with E-state index in [2.05, 4.69) is 29.0 Å². The fraction of sp³-hybridized carbons (Fsp3) is 0.516. The van der Waals surface area contributed by atoms with Gasteiger partial charge in [0.1, 0.15) is 12.7 Å². The Bertz CT molecular complexity index is 1100. The molecule has 1 aromatic heterocycles. The Balaban J connectivity index is 1.68. The van der Waals surface area contributed by atoms with Gasteiger partial charge in [-0.25, -0.2) is 4.98 Å². The van der Waals surface area contributed by atoms with Gasteiger partial charge in [0.05, 0.1) is 0 Å². The van der Waals surface area contributed by atoms with E-state index in [1.807, 2.05) is 52.0 Å². The van der Waals surface area contributed by atoms with Gasteiger partial charge in [0, 0.05) is 17.7 Å². The van der Waals surface area contributed by atoms with Crippen molar-refractivity contribution in [2.75, 3.05) is 13.2 Å². The molecule has 0 aliphatic carbocycles. The first-order valence-corrected chi connectivity index (χ1v) is 13.8. The second-order valence-corrected chi connectivity index (χ2v) is 10.2. The number of hydrogen-bond donors (Lipinski definition) is 2. The van der Waals surface area contributed by atoms with E-state index in [-0.39, 0.29) is 12.6 Å². The largest absolute Gasteiger partial charge is 0.460 e. The van der Waals surface area contributed by atoms with Crippen molar-refractivity contribution < 1.29 is 19.7 Å². The number of ether oxygens (including phenoxy) is 2. The summed E-state index contributed by atoms with van der Waals surface area (Å²) in [7, 11) is 0. The molecule has 0 saturated heterocycles. The number of aliphatic hydroxyl groups excluding tert-OH is 2. The van der Waals surface area contributed by atoms with Gasteiger partial charge in [0.2, 0.25) is 0 Å². The Morgan fingerprint density at radius 1 is 0.711 bits per heavy atom. The molecule has 1 heterocycles. The van der Waals surface area contributed by atoms with E-state index in [1.54, 1.807) is 0 Å². The van der Waals surface area contributed by atoms with Crippen molar-refractivity contribution in [1.29, 1.82) is 0 Å². The number of aromatic nitrogens is 3. The van der Waals surface area contributed by atoms with E-state index in [4.69, 9.17) is 14.5 Å². The van der Waals surface area contributed by atoms with Crippen LogP contribution in [0.5, 0.6) is 6.01 Å². The van der Waals surface area contributed by atoms with E-state index >= 15 is 0 Å². The molecular weight excluding hydrogens is 478 g/mol. The van der Waals surface area contributed by atoms with E-state index in [0.29, 0.717) is 18.3 Å². The zero-order chi connectivity index (χ0) is 27.5. The molecule has 0 spiro atoms. The third-order valence-electron chi connectivity index (χ3n) is 6.61. The number of hydrogen-bond acceptors (Lipinski definition) is 7. The minimum absolute atomic E-state index is 0.0864. The first-order valence-electron chi connectivity index (χ1n) is 13.8. The van der Waals surface area contributed by atoms with Crippen LogP contribution in [0, 0.1) is 27.7 Å². The molecule has 0 fully saturated rings. The number of nitrogens with zero attached hydrogens (tertiary/aromatic N) is 3. The highest BCUT2D eigenvalue weighted by Crippen LogP contribution is 2.27. The van der Waals surface area contributed by atoms with Crippen LogP contribution >= 0.6 is 0 Å². The molecular formula is C31H43N3O4. The highest BCUT2D eigenvalue weighted by atomic mass is 16.6. The third-order valence-corrected chi connectivity index (χ3v) is 6.61. The molecule has 0 aliphatic heterocycles. The van der Waals surface area contributed by atoms with Crippen molar-refractivity contribution in [3.8, 4) is 28.8 Å². The molecule has 2 N–H and O–H groups in total. The summed E-state index contributed by atoms with van der Waals surface area (Å²) in [6.07, 6.45) is 5.51. The summed E-state index contributed by atoms with van der Waals surface area (Å²) in [5, 5.41) is 20.7. The minimum Gasteiger partial charge on any atom is -0.460 e. The van der Waals surface area contributed by atoms with Gasteiger partial charge in [-0.1, -0.05) is 93.0 Å². The SMILES string of the molecule is CCCCCCCCCOC(O)C(O)COc1nc(-c2ccc(C)cc2C)nc(-c2ccc(C)cc2C)n1. The average Bonchev–Trinajstić information content (AvgIpc) is 2.88. The predicted octanol–water partition coefficient (Wildman–Crippen LogP) is 6.26. The molecule has 0 radical (unpaired) electrons. The van der Waals surface area contributed by atoms with Gasteiger partial charge in [0.15, 0.2) is 17.9 Å². The lowest BCUT2D eigenvalue weighted by molar-refractivity contribution is -0.169. The van der Waals surface area contributed by atoms with Crippen LogP contribution in [0.4, 0.5) is 0 Å². The van der Waals surface area contributed by atoms with Crippen LogP contribution in [0.25, 0.3) is 22.8 Å². The summed E-state index contributed by atoms with van der Waals surface area (Å²) in [5.41, 5.74) is 6.16. The second-order valence-electron chi connectivity index (χ2n) is 10.2. The van der Waals surface area contributed by atoms with Gasteiger partial charge in [-0.15, -0.1) is 0 Å². The van der Waals surface area contributed by atoms with E-state index < -0.39 is 12.4 Å². The zero-order valence-corrected chi connectivity index (χ0v) is 23.5. The van der Waals surface area contributed by atoms with Crippen molar-refractivity contribution in [2.45, 2.75) is 92.0 Å². The highest BCUT2D eigenvalue weighted by molar-refractivity contribution is 5.66. The predicted molar refractivity (Wildman–Crippen MR) is 151 cm³/mol. The van der Waals surface area contributed by atoms with Crippen LogP contribution in [0.3, 0.4) is 0 Å². The Morgan fingerprint density at radius 2 is 1.24 bits per heavy atom. The number of aliphatic hydroxyl groups is 2. The molecule has 3 aromatic rings. The standard InChI is InChI=1S/C31H43N3O4/c1-6-7-8-9-10-11-12-17-37-30(36)27(35)20-38-31-33-28(25-15-13-21(2)18-23(25)4)32-29(34-31)26-16-14-22(3)19-24(26)5/h13-16,18-19,27,30,35-36H,6-12,17,20H2,1-5H3. The molecule has 0 amide bonds. The van der Waals surface area contributed by atoms with E-state index in [9.17, 15) is 10.2 Å². The lowest BCUT2D eigenvalue weighted by atomic mass is 10.0. The molecule has 0 bridgehead atoms. The first kappa shape index (κ1) is 29.7. The summed E-state index contributed by atoms with van der Waals surface area (Å²) in [6.45, 7) is 10.5. The van der Waals surface area contributed by atoms with Gasteiger partial charge in [-0.2, -0.15) is 9.97 Å². The summed E-state index contributed by atoms with van der Waals surface area (Å²) < 4.78 is 11.2. The van der Waals surface area contributed by atoms with Crippen LogP contribution in [-0.4, -0.2) is 50.8 Å². The molecule has 7 heteroatoms. The topological polar surface area (TPSA) is 97.6 Å². The Hall–Kier alpha value is -2.87. The third kappa shape index (κ3) is 8.86. The summed E-state index contributed by atoms with van der Waals surface area (Å²) in [5.74, 6) is 0.986. The normalized spacial score (nSPS) is 12.9. The van der Waals surface area contributed by atoms with Gasteiger partial charge in [-0.05, 0) is 45.2 Å². The maximum atomic E-state index is 10.4. The van der Waals surface area contributed by atoms with Crippen LogP contribution in [0.2, 0.25) is 0 Å². The molecule has 0 aliphatic rings. The molecule has 38 heavy (non-hydrogen) atoms. The molecule has 7 nitrogen and oxygen atoms in total. The van der Waals surface area contributed by atoms with Gasteiger partial charge < -0.3 is 19.7 Å². The van der Waals surface area contributed by atoms with Crippen LogP contribution in [-0.2, 0) is 4.74 Å². The molecule has 206 valence electrons. The zero-order valence-electron chi connectivity index (χ0n) is 23.5. The Morgan fingerprint density at radius 3 is 1.76 bits per heavy atom. The fourth-order valence-electron chi connectivity index (χ4n) is 4.41. The van der Waals surface area contributed by atoms with Crippen molar-refractivity contribution in [2.24, 2.45) is 0 Å². The Kier molecular flexibility index (Phi) is 11.6. The molecule has 0 saturated carbocycles. The Labute approximate surface area is 227 Å². The molecule has 2 unspecified atom stereocenters. The summed E-state index contributed by atoms with van der Waals surface area (Å²) in [4.78, 5) is 13.8. The van der Waals surface area contributed by atoms with E-state index in [1.165, 1.54) is 25.7 Å². The van der Waals surface area contributed by atoms with Crippen LogP contribution in [0.1, 0.15) is 74.1 Å². The number of rotatable bonds is 15. The first-order chi connectivity index (χ1) is 18.3. The van der Waals surface area contributed by atoms with Gasteiger partial charge in [-0.3, -0.25) is 0 Å².